The zero-order chi connectivity index (χ0) is 45.2. The van der Waals surface area contributed by atoms with Crippen molar-refractivity contribution in [1.29, 1.82) is 0 Å². The van der Waals surface area contributed by atoms with Crippen molar-refractivity contribution in [1.82, 2.24) is 0 Å². The zero-order valence-corrected chi connectivity index (χ0v) is 37.8. The van der Waals surface area contributed by atoms with Crippen LogP contribution in [0.25, 0.3) is 110 Å². The highest BCUT2D eigenvalue weighted by Gasteiger charge is 2.41. The van der Waals surface area contributed by atoms with Gasteiger partial charge < -0.3 is 0 Å². The van der Waals surface area contributed by atoms with Crippen LogP contribution in [0, 0.1) is 0 Å². The standard InChI is InChI=1S/C68H46/c1-68(53-36-33-48(34-37-53)45-19-5-2-6-20-45)64-32-18-17-27-57(64)58-38-35-49(44-65(58)68)66-59-28-13-15-30-61(59)67(62-31-16-14-29-60(62)66)63-40-39-54(55-25-11-12-26-56(55)63)52-42-50(46-21-7-3-8-22-46)41-51(43-52)47-23-9-4-10-24-47/h2-44H,1H3. The number of rotatable bonds is 7. The van der Waals surface area contributed by atoms with Crippen LogP contribution in [0.5, 0.6) is 0 Å². The van der Waals surface area contributed by atoms with E-state index >= 15 is 0 Å². The largest absolute Gasteiger partial charge is 0.0622 e. The summed E-state index contributed by atoms with van der Waals surface area (Å²) in [6.45, 7) is 2.42. The van der Waals surface area contributed by atoms with E-state index in [4.69, 9.17) is 0 Å². The molecule has 0 fully saturated rings. The van der Waals surface area contributed by atoms with Crippen LogP contribution in [0.3, 0.4) is 0 Å². The second-order valence-corrected chi connectivity index (χ2v) is 18.5. The molecule has 0 aromatic heterocycles. The first-order valence-electron chi connectivity index (χ1n) is 23.7. The van der Waals surface area contributed by atoms with Crippen LogP contribution in [-0.2, 0) is 5.41 Å². The second-order valence-electron chi connectivity index (χ2n) is 18.5. The molecule has 1 aliphatic rings. The van der Waals surface area contributed by atoms with Gasteiger partial charge in [0.15, 0.2) is 0 Å². The Hall–Kier alpha value is -8.58. The number of hydrogen-bond donors (Lipinski definition) is 0. The molecule has 0 amide bonds. The molecule has 0 bridgehead atoms. The lowest BCUT2D eigenvalue weighted by molar-refractivity contribution is 0.714. The van der Waals surface area contributed by atoms with E-state index in [9.17, 15) is 0 Å². The molecule has 0 spiro atoms. The first-order chi connectivity index (χ1) is 33.6. The van der Waals surface area contributed by atoms with E-state index in [1.54, 1.807) is 0 Å². The van der Waals surface area contributed by atoms with Crippen LogP contribution < -0.4 is 0 Å². The fourth-order valence-electron chi connectivity index (χ4n) is 11.5. The minimum Gasteiger partial charge on any atom is -0.0622 e. The van der Waals surface area contributed by atoms with E-state index in [1.165, 1.54) is 127 Å². The molecule has 1 aliphatic carbocycles. The maximum atomic E-state index is 2.51. The Kier molecular flexibility index (Phi) is 9.41. The van der Waals surface area contributed by atoms with Crippen molar-refractivity contribution >= 4 is 32.3 Å². The lowest BCUT2D eigenvalue weighted by Gasteiger charge is -2.29. The Morgan fingerprint density at radius 2 is 0.603 bits per heavy atom. The number of benzene rings is 12. The molecule has 68 heavy (non-hydrogen) atoms. The summed E-state index contributed by atoms with van der Waals surface area (Å²) in [5, 5.41) is 7.48. The average molecular weight is 863 g/mol. The SMILES string of the molecule is CC1(c2ccc(-c3ccccc3)cc2)c2ccccc2-c2ccc(-c3c4ccccc4c(-c4ccc(-c5cc(-c6ccccc6)cc(-c6ccccc6)c5)c5ccccc45)c4ccccc34)cc21. The van der Waals surface area contributed by atoms with Crippen LogP contribution >= 0.6 is 0 Å². The van der Waals surface area contributed by atoms with Crippen LogP contribution in [0.4, 0.5) is 0 Å². The highest BCUT2D eigenvalue weighted by Crippen LogP contribution is 2.55. The van der Waals surface area contributed by atoms with Crippen molar-refractivity contribution in [3.63, 3.8) is 0 Å². The van der Waals surface area contributed by atoms with Crippen LogP contribution in [0.15, 0.2) is 261 Å². The normalized spacial score (nSPS) is 14.0. The average Bonchev–Trinajstić information content (AvgIpc) is 3.68. The molecule has 0 heterocycles. The molecule has 0 saturated carbocycles. The van der Waals surface area contributed by atoms with Gasteiger partial charge in [0.25, 0.3) is 0 Å². The molecule has 1 atom stereocenters. The Balaban J connectivity index is 0.994. The molecule has 318 valence electrons. The van der Waals surface area contributed by atoms with Crippen LogP contribution in [0.1, 0.15) is 23.6 Å². The predicted molar refractivity (Wildman–Crippen MR) is 289 cm³/mol. The van der Waals surface area contributed by atoms with Crippen molar-refractivity contribution in [2.45, 2.75) is 12.3 Å². The number of hydrogen-bond acceptors (Lipinski definition) is 0. The second kappa shape index (κ2) is 16.1. The molecular weight excluding hydrogens is 817 g/mol. The van der Waals surface area contributed by atoms with Crippen molar-refractivity contribution in [3.05, 3.63) is 278 Å². The zero-order valence-electron chi connectivity index (χ0n) is 37.8. The van der Waals surface area contributed by atoms with Crippen molar-refractivity contribution in [2.75, 3.05) is 0 Å². The van der Waals surface area contributed by atoms with Gasteiger partial charge in [-0.1, -0.05) is 237 Å². The van der Waals surface area contributed by atoms with E-state index in [0.29, 0.717) is 0 Å². The Labute approximate surface area is 398 Å². The molecule has 0 heteroatoms. The monoisotopic (exact) mass is 862 g/mol. The predicted octanol–water partition coefficient (Wildman–Crippen LogP) is 18.5. The minimum absolute atomic E-state index is 0.341. The van der Waals surface area contributed by atoms with E-state index in [-0.39, 0.29) is 5.41 Å². The molecule has 12 aromatic rings. The maximum absolute atomic E-state index is 2.51. The van der Waals surface area contributed by atoms with Crippen molar-refractivity contribution < 1.29 is 0 Å². The first kappa shape index (κ1) is 39.8. The molecule has 0 radical (unpaired) electrons. The van der Waals surface area contributed by atoms with Gasteiger partial charge in [-0.05, 0) is 158 Å². The van der Waals surface area contributed by atoms with Crippen LogP contribution in [0.2, 0.25) is 0 Å². The highest BCUT2D eigenvalue weighted by atomic mass is 14.4. The van der Waals surface area contributed by atoms with Gasteiger partial charge in [-0.15, -0.1) is 0 Å². The molecular formula is C68H46. The molecule has 0 N–H and O–H groups in total. The summed E-state index contributed by atoms with van der Waals surface area (Å²) in [4.78, 5) is 0. The van der Waals surface area contributed by atoms with Gasteiger partial charge >= 0.3 is 0 Å². The van der Waals surface area contributed by atoms with Gasteiger partial charge in [-0.25, -0.2) is 0 Å². The molecule has 1 unspecified atom stereocenters. The Morgan fingerprint density at radius 3 is 1.18 bits per heavy atom. The van der Waals surface area contributed by atoms with Gasteiger partial charge in [0.05, 0.1) is 0 Å². The van der Waals surface area contributed by atoms with E-state index in [1.807, 2.05) is 0 Å². The van der Waals surface area contributed by atoms with Gasteiger partial charge in [-0.2, -0.15) is 0 Å². The molecule has 0 nitrogen and oxygen atoms in total. The third kappa shape index (κ3) is 6.37. The summed E-state index contributed by atoms with van der Waals surface area (Å²) in [7, 11) is 0. The third-order valence-corrected chi connectivity index (χ3v) is 14.8. The summed E-state index contributed by atoms with van der Waals surface area (Å²) in [6, 6.07) is 96.7. The molecule has 0 saturated heterocycles. The third-order valence-electron chi connectivity index (χ3n) is 14.8. The Bertz CT molecular complexity index is 3770. The smallest absolute Gasteiger partial charge is 0.0435 e. The van der Waals surface area contributed by atoms with Crippen LogP contribution in [-0.4, -0.2) is 0 Å². The summed E-state index contributed by atoms with van der Waals surface area (Å²) in [6.07, 6.45) is 0. The van der Waals surface area contributed by atoms with Gasteiger partial charge in [0.2, 0.25) is 0 Å². The van der Waals surface area contributed by atoms with E-state index in [2.05, 4.69) is 268 Å². The van der Waals surface area contributed by atoms with E-state index in [0.717, 1.165) is 0 Å². The highest BCUT2D eigenvalue weighted by molar-refractivity contribution is 6.24. The van der Waals surface area contributed by atoms with Gasteiger partial charge in [-0.3, -0.25) is 0 Å². The van der Waals surface area contributed by atoms with Crippen molar-refractivity contribution in [2.24, 2.45) is 0 Å². The fraction of sp³-hybridized carbons (Fsp3) is 0.0294. The molecule has 0 aliphatic heterocycles. The molecule has 12 aromatic carbocycles. The maximum Gasteiger partial charge on any atom is 0.0435 e. The fourth-order valence-corrected chi connectivity index (χ4v) is 11.5. The van der Waals surface area contributed by atoms with Gasteiger partial charge in [0, 0.05) is 5.41 Å². The summed E-state index contributed by atoms with van der Waals surface area (Å²) in [5.41, 5.74) is 21.0. The summed E-state index contributed by atoms with van der Waals surface area (Å²) >= 11 is 0. The lowest BCUT2D eigenvalue weighted by atomic mass is 9.73. The Morgan fingerprint density at radius 1 is 0.221 bits per heavy atom. The van der Waals surface area contributed by atoms with Crippen molar-refractivity contribution in [3.8, 4) is 77.9 Å². The first-order valence-corrected chi connectivity index (χ1v) is 23.7. The van der Waals surface area contributed by atoms with Gasteiger partial charge in [0.1, 0.15) is 0 Å². The molecule has 13 rings (SSSR count). The topological polar surface area (TPSA) is 0 Å². The minimum atomic E-state index is -0.341. The lowest BCUT2D eigenvalue weighted by Crippen LogP contribution is -2.22. The quantitative estimate of drug-likeness (QED) is 0.140. The summed E-state index contributed by atoms with van der Waals surface area (Å²) < 4.78 is 0. The summed E-state index contributed by atoms with van der Waals surface area (Å²) in [5.74, 6) is 0. The number of fused-ring (bicyclic) bond motifs is 6. The van der Waals surface area contributed by atoms with E-state index < -0.39 is 0 Å².